The Labute approximate surface area is 108 Å². The molecule has 100 valence electrons. The zero-order valence-electron chi connectivity index (χ0n) is 9.48. The van der Waals surface area contributed by atoms with Crippen LogP contribution in [0.1, 0.15) is 5.69 Å². The first-order valence-corrected chi connectivity index (χ1v) is 5.65. The molecule has 1 atom stereocenters. The molecule has 1 rings (SSSR count). The van der Waals surface area contributed by atoms with E-state index in [1.807, 2.05) is 0 Å². The first-order chi connectivity index (χ1) is 8.41. The van der Waals surface area contributed by atoms with Crippen molar-refractivity contribution in [3.63, 3.8) is 0 Å². The van der Waals surface area contributed by atoms with E-state index in [2.05, 4.69) is 17.2 Å². The monoisotopic (exact) mass is 278 g/mol. The number of halogens is 3. The van der Waals surface area contributed by atoms with Gasteiger partial charge < -0.3 is 10.5 Å². The maximum Gasteiger partial charge on any atom is 0.400 e. The van der Waals surface area contributed by atoms with Crippen molar-refractivity contribution in [2.24, 2.45) is 11.7 Å². The zero-order chi connectivity index (χ0) is 13.6. The van der Waals surface area contributed by atoms with Crippen LogP contribution in [0.15, 0.2) is 24.4 Å². The van der Waals surface area contributed by atoms with E-state index >= 15 is 0 Å². The lowest BCUT2D eigenvalue weighted by molar-refractivity contribution is -0.167. The van der Waals surface area contributed by atoms with Crippen LogP contribution in [0.3, 0.4) is 0 Å². The summed E-state index contributed by atoms with van der Waals surface area (Å²) in [5.74, 6) is -1.89. The number of alkyl halides is 3. The number of hydrogen-bond donors (Lipinski definition) is 1. The van der Waals surface area contributed by atoms with Gasteiger partial charge in [-0.05, 0) is 12.1 Å². The normalized spacial score (nSPS) is 13.3. The molecule has 18 heavy (non-hydrogen) atoms. The van der Waals surface area contributed by atoms with Crippen molar-refractivity contribution >= 4 is 17.2 Å². The first kappa shape index (κ1) is 14.8. The van der Waals surface area contributed by atoms with Crippen LogP contribution in [-0.2, 0) is 11.2 Å². The quantitative estimate of drug-likeness (QED) is 0.639. The lowest BCUT2D eigenvalue weighted by atomic mass is 10.1. The highest BCUT2D eigenvalue weighted by molar-refractivity contribution is 7.80. The molecule has 0 bridgehead atoms. The van der Waals surface area contributed by atoms with Gasteiger partial charge in [-0.1, -0.05) is 18.3 Å². The summed E-state index contributed by atoms with van der Waals surface area (Å²) in [6.07, 6.45) is -2.40. The average Bonchev–Trinajstić information content (AvgIpc) is 2.27. The van der Waals surface area contributed by atoms with Crippen LogP contribution in [-0.4, -0.2) is 29.4 Å². The second-order valence-corrected chi connectivity index (χ2v) is 4.11. The molecule has 0 amide bonds. The summed E-state index contributed by atoms with van der Waals surface area (Å²) in [7, 11) is 0. The predicted molar refractivity (Wildman–Crippen MR) is 65.1 cm³/mol. The summed E-state index contributed by atoms with van der Waals surface area (Å²) in [6.45, 7) is -0.405. The van der Waals surface area contributed by atoms with Crippen molar-refractivity contribution in [2.45, 2.75) is 12.6 Å². The van der Waals surface area contributed by atoms with E-state index in [0.29, 0.717) is 6.42 Å². The summed E-state index contributed by atoms with van der Waals surface area (Å²) < 4.78 is 42.3. The minimum absolute atomic E-state index is 0.145. The Morgan fingerprint density at radius 1 is 1.44 bits per heavy atom. The number of nitrogens with zero attached hydrogens (tertiary/aromatic N) is 1. The molecule has 0 aliphatic carbocycles. The second kappa shape index (κ2) is 6.65. The third-order valence-electron chi connectivity index (χ3n) is 2.25. The lowest BCUT2D eigenvalue weighted by Crippen LogP contribution is -2.38. The third kappa shape index (κ3) is 4.97. The molecular formula is C11H13F3N2OS. The molecule has 0 saturated carbocycles. The molecule has 0 aliphatic heterocycles. The molecule has 1 aromatic heterocycles. The Kier molecular flexibility index (Phi) is 5.49. The minimum Gasteiger partial charge on any atom is -0.393 e. The largest absolute Gasteiger partial charge is 0.400 e. The van der Waals surface area contributed by atoms with Crippen LogP contribution in [0.5, 0.6) is 0 Å². The van der Waals surface area contributed by atoms with Gasteiger partial charge in [0.05, 0.1) is 18.2 Å². The molecule has 1 aromatic rings. The van der Waals surface area contributed by atoms with Gasteiger partial charge >= 0.3 is 6.18 Å². The zero-order valence-corrected chi connectivity index (χ0v) is 10.3. The molecule has 0 spiro atoms. The molecule has 0 aromatic carbocycles. The summed E-state index contributed by atoms with van der Waals surface area (Å²) in [4.78, 5) is 3.43. The fourth-order valence-corrected chi connectivity index (χ4v) is 1.46. The fraction of sp³-hybridized carbons (Fsp3) is 0.455. The van der Waals surface area contributed by atoms with E-state index in [9.17, 15) is 13.2 Å². The van der Waals surface area contributed by atoms with Gasteiger partial charge in [0.15, 0.2) is 0 Å². The van der Waals surface area contributed by atoms with Gasteiger partial charge in [0, 0.05) is 18.3 Å². The van der Waals surface area contributed by atoms with Gasteiger partial charge in [0.1, 0.15) is 5.92 Å². The SMILES string of the molecule is NC(=S)C(COCCc1ccccn1)C(F)(F)F. The number of thiocarbonyl (C=S) groups is 1. The maximum atomic E-state index is 12.5. The molecule has 0 saturated heterocycles. The second-order valence-electron chi connectivity index (χ2n) is 3.64. The van der Waals surface area contributed by atoms with Crippen LogP contribution < -0.4 is 5.73 Å². The van der Waals surface area contributed by atoms with Crippen molar-refractivity contribution in [1.82, 2.24) is 4.98 Å². The smallest absolute Gasteiger partial charge is 0.393 e. The predicted octanol–water partition coefficient (Wildman–Crippen LogP) is 2.11. The number of pyridine rings is 1. The van der Waals surface area contributed by atoms with Gasteiger partial charge in [0.2, 0.25) is 0 Å². The number of nitrogens with two attached hydrogens (primary N) is 1. The summed E-state index contributed by atoms with van der Waals surface area (Å²) >= 11 is 4.37. The highest BCUT2D eigenvalue weighted by atomic mass is 32.1. The third-order valence-corrected chi connectivity index (χ3v) is 2.54. The maximum absolute atomic E-state index is 12.5. The number of rotatable bonds is 6. The molecule has 3 nitrogen and oxygen atoms in total. The molecule has 0 aliphatic rings. The number of ether oxygens (including phenoxy) is 1. The average molecular weight is 278 g/mol. The van der Waals surface area contributed by atoms with Crippen LogP contribution in [0.25, 0.3) is 0 Å². The lowest BCUT2D eigenvalue weighted by Gasteiger charge is -2.18. The Hall–Kier alpha value is -1.21. The van der Waals surface area contributed by atoms with Crippen molar-refractivity contribution in [2.75, 3.05) is 13.2 Å². The van der Waals surface area contributed by atoms with Gasteiger partial charge in [0.25, 0.3) is 0 Å². The summed E-state index contributed by atoms with van der Waals surface area (Å²) in [5.41, 5.74) is 5.80. The van der Waals surface area contributed by atoms with Gasteiger partial charge in [-0.25, -0.2) is 0 Å². The topological polar surface area (TPSA) is 48.1 Å². The molecule has 2 N–H and O–H groups in total. The molecular weight excluding hydrogens is 265 g/mol. The Morgan fingerprint density at radius 3 is 2.67 bits per heavy atom. The Morgan fingerprint density at radius 2 is 2.17 bits per heavy atom. The highest BCUT2D eigenvalue weighted by Crippen LogP contribution is 2.26. The van der Waals surface area contributed by atoms with Crippen LogP contribution in [0.4, 0.5) is 13.2 Å². The van der Waals surface area contributed by atoms with E-state index in [4.69, 9.17) is 10.5 Å². The van der Waals surface area contributed by atoms with E-state index < -0.39 is 23.7 Å². The van der Waals surface area contributed by atoms with E-state index in [0.717, 1.165) is 5.69 Å². The van der Waals surface area contributed by atoms with Crippen molar-refractivity contribution in [1.29, 1.82) is 0 Å². The Balaban J connectivity index is 2.34. The molecule has 1 unspecified atom stereocenters. The van der Waals surface area contributed by atoms with Crippen molar-refractivity contribution < 1.29 is 17.9 Å². The van der Waals surface area contributed by atoms with E-state index in [1.54, 1.807) is 24.4 Å². The molecule has 7 heteroatoms. The van der Waals surface area contributed by atoms with Crippen LogP contribution in [0, 0.1) is 5.92 Å². The van der Waals surface area contributed by atoms with Gasteiger partial charge in [-0.2, -0.15) is 13.2 Å². The van der Waals surface area contributed by atoms with Gasteiger partial charge in [-0.3, -0.25) is 4.98 Å². The van der Waals surface area contributed by atoms with Crippen molar-refractivity contribution in [3.8, 4) is 0 Å². The van der Waals surface area contributed by atoms with Gasteiger partial charge in [-0.15, -0.1) is 0 Å². The van der Waals surface area contributed by atoms with E-state index in [-0.39, 0.29) is 6.61 Å². The van der Waals surface area contributed by atoms with Crippen LogP contribution in [0.2, 0.25) is 0 Å². The summed E-state index contributed by atoms with van der Waals surface area (Å²) in [6, 6.07) is 5.34. The molecule has 0 fully saturated rings. The van der Waals surface area contributed by atoms with E-state index in [1.165, 1.54) is 0 Å². The number of hydrogen-bond acceptors (Lipinski definition) is 3. The van der Waals surface area contributed by atoms with Crippen LogP contribution >= 0.6 is 12.2 Å². The fourth-order valence-electron chi connectivity index (χ4n) is 1.26. The standard InChI is InChI=1S/C11H13F3N2OS/c12-11(13,14)9(10(15)18)7-17-6-4-8-3-1-2-5-16-8/h1-3,5,9H,4,6-7H2,(H2,15,18). The molecule has 0 radical (unpaired) electrons. The van der Waals surface area contributed by atoms with Crippen molar-refractivity contribution in [3.05, 3.63) is 30.1 Å². The first-order valence-electron chi connectivity index (χ1n) is 5.25. The number of aromatic nitrogens is 1. The minimum atomic E-state index is -4.46. The summed E-state index contributed by atoms with van der Waals surface area (Å²) in [5, 5.41) is 0. The highest BCUT2D eigenvalue weighted by Gasteiger charge is 2.41. The Bertz CT molecular complexity index is 384. The molecule has 1 heterocycles.